The Balaban J connectivity index is 4.32. The van der Waals surface area contributed by atoms with Gasteiger partial charge < -0.3 is 10.3 Å². The molecular formula is C4H9NO7P+. The monoisotopic (exact) mass is 214 g/mol. The fourth-order valence-corrected chi connectivity index (χ4v) is 1.17. The van der Waals surface area contributed by atoms with E-state index in [0.717, 1.165) is 5.48 Å². The highest BCUT2D eigenvalue weighted by Crippen LogP contribution is 2.44. The van der Waals surface area contributed by atoms with Crippen LogP contribution in [0.3, 0.4) is 0 Å². The molecule has 8 nitrogen and oxygen atoms in total. The molecule has 76 valence electrons. The van der Waals surface area contributed by atoms with E-state index in [1.807, 2.05) is 0 Å². The molecule has 0 fully saturated rings. The molecule has 0 aromatic rings. The van der Waals surface area contributed by atoms with Gasteiger partial charge in [-0.1, -0.05) is 0 Å². The molecule has 0 rings (SSSR count). The minimum absolute atomic E-state index is 1.11. The number of carbonyl (C=O) groups excluding carboxylic acids is 1. The molecule has 0 aliphatic rings. The molecule has 0 radical (unpaired) electrons. The molecule has 0 saturated carbocycles. The van der Waals surface area contributed by atoms with Gasteiger partial charge in [0.05, 0.1) is 0 Å². The van der Waals surface area contributed by atoms with E-state index in [1.165, 1.54) is 0 Å². The van der Waals surface area contributed by atoms with Crippen LogP contribution < -0.4 is 5.48 Å². The summed E-state index contributed by atoms with van der Waals surface area (Å²) in [7, 11) is -4.34. The first-order valence-electron chi connectivity index (χ1n) is 2.99. The number of carboxylic acids is 1. The van der Waals surface area contributed by atoms with Crippen LogP contribution in [0.2, 0.25) is 0 Å². The Morgan fingerprint density at radius 2 is 1.77 bits per heavy atom. The zero-order chi connectivity index (χ0) is 10.6. The molecule has 13 heavy (non-hydrogen) atoms. The van der Waals surface area contributed by atoms with E-state index in [-0.39, 0.29) is 0 Å². The Bertz CT molecular complexity index is 211. The van der Waals surface area contributed by atoms with Crippen molar-refractivity contribution in [2.75, 3.05) is 6.16 Å². The normalized spacial score (nSPS) is 13.8. The number of hydroxylamine groups is 1. The van der Waals surface area contributed by atoms with E-state index in [4.69, 9.17) is 25.0 Å². The second-order valence-corrected chi connectivity index (χ2v) is 3.92. The van der Waals surface area contributed by atoms with Crippen LogP contribution in [0.5, 0.6) is 0 Å². The number of aliphatic carboxylic acids is 1. The van der Waals surface area contributed by atoms with Crippen LogP contribution in [0.15, 0.2) is 0 Å². The van der Waals surface area contributed by atoms with E-state index in [1.54, 1.807) is 0 Å². The van der Waals surface area contributed by atoms with Crippen LogP contribution in [-0.4, -0.2) is 49.0 Å². The van der Waals surface area contributed by atoms with Gasteiger partial charge in [-0.05, 0) is 0 Å². The molecule has 0 bridgehead atoms. The van der Waals surface area contributed by atoms with Crippen LogP contribution in [0.25, 0.3) is 0 Å². The van der Waals surface area contributed by atoms with Gasteiger partial charge in [0.2, 0.25) is 11.9 Å². The van der Waals surface area contributed by atoms with Gasteiger partial charge in [-0.3, -0.25) is 4.79 Å². The largest absolute Gasteiger partial charge is 0.480 e. The van der Waals surface area contributed by atoms with Gasteiger partial charge in [0, 0.05) is 0 Å². The van der Waals surface area contributed by atoms with Crippen molar-refractivity contribution in [2.24, 2.45) is 0 Å². The van der Waals surface area contributed by atoms with Crippen molar-refractivity contribution < 1.29 is 34.6 Å². The molecule has 0 saturated heterocycles. The highest BCUT2D eigenvalue weighted by Gasteiger charge is 2.39. The first-order valence-corrected chi connectivity index (χ1v) is 4.82. The van der Waals surface area contributed by atoms with E-state index < -0.39 is 31.9 Å². The predicted octanol–water partition coefficient (Wildman–Crippen LogP) is -2.27. The summed E-state index contributed by atoms with van der Waals surface area (Å²) < 4.78 is 0. The Morgan fingerprint density at radius 1 is 1.31 bits per heavy atom. The van der Waals surface area contributed by atoms with Crippen LogP contribution >= 0.6 is 7.94 Å². The molecule has 0 aromatic carbocycles. The summed E-state index contributed by atoms with van der Waals surface area (Å²) in [5.41, 5.74) is 1.16. The number of hydrogen-bond acceptors (Lipinski definition) is 7. The van der Waals surface area contributed by atoms with E-state index >= 15 is 0 Å². The lowest BCUT2D eigenvalue weighted by atomic mass is 10.2. The van der Waals surface area contributed by atoms with Crippen LogP contribution in [0.1, 0.15) is 0 Å². The Morgan fingerprint density at radius 3 is 2.00 bits per heavy atom. The molecular weight excluding hydrogens is 205 g/mol. The predicted molar refractivity (Wildman–Crippen MR) is 39.8 cm³/mol. The zero-order valence-corrected chi connectivity index (χ0v) is 7.18. The van der Waals surface area contributed by atoms with Gasteiger partial charge in [-0.15, -0.1) is 0 Å². The Hall–Kier alpha value is -0.630. The van der Waals surface area contributed by atoms with Crippen molar-refractivity contribution in [1.82, 2.24) is 5.48 Å². The summed E-state index contributed by atoms with van der Waals surface area (Å²) in [4.78, 5) is 46.2. The lowest BCUT2D eigenvalue weighted by Gasteiger charge is -2.08. The minimum atomic E-state index is -4.34. The average molecular weight is 214 g/mol. The first-order chi connectivity index (χ1) is 5.78. The number of hydrogen-bond donors (Lipinski definition) is 6. The first kappa shape index (κ1) is 12.4. The zero-order valence-electron chi connectivity index (χ0n) is 6.28. The van der Waals surface area contributed by atoms with Crippen molar-refractivity contribution in [3.63, 3.8) is 0 Å². The van der Waals surface area contributed by atoms with Crippen LogP contribution in [0.4, 0.5) is 0 Å². The summed E-state index contributed by atoms with van der Waals surface area (Å²) in [6.07, 6.45) is -1.11. The second-order valence-electron chi connectivity index (χ2n) is 2.22. The number of carboxylic acid groups (broad SMARTS) is 1. The highest BCUT2D eigenvalue weighted by atomic mass is 31.2. The lowest BCUT2D eigenvalue weighted by molar-refractivity contribution is -0.146. The second kappa shape index (κ2) is 4.56. The molecule has 0 spiro atoms. The third-order valence-electron chi connectivity index (χ3n) is 1.07. The smallest absolute Gasteiger partial charge is 0.411 e. The summed E-state index contributed by atoms with van der Waals surface area (Å²) in [6.45, 7) is 0. The maximum atomic E-state index is 10.8. The number of rotatable bonds is 5. The van der Waals surface area contributed by atoms with E-state index in [0.29, 0.717) is 0 Å². The molecule has 1 atom stereocenters. The molecule has 0 aromatic heterocycles. The van der Waals surface area contributed by atoms with E-state index in [2.05, 4.69) is 0 Å². The molecule has 6 N–H and O–H groups in total. The molecule has 0 amide bonds. The van der Waals surface area contributed by atoms with Crippen molar-refractivity contribution in [2.45, 2.75) is 6.04 Å². The molecule has 9 heteroatoms. The van der Waals surface area contributed by atoms with Crippen LogP contribution in [0, 0.1) is 0 Å². The lowest BCUT2D eigenvalue weighted by Crippen LogP contribution is -2.43. The Kier molecular flexibility index (Phi) is 4.34. The van der Waals surface area contributed by atoms with Crippen molar-refractivity contribution in [3.8, 4) is 0 Å². The standard InChI is InChI=1S/C4H8NO7P/c6-2(1-13(10,11)12)3(5-9)4(7)8/h3,5,9-12H,1H2/p+1/t3-/m0/s1. The third-order valence-corrected chi connectivity index (χ3v) is 1.80. The summed E-state index contributed by atoms with van der Waals surface area (Å²) in [5.74, 6) is -2.91. The number of nitrogens with one attached hydrogen (secondary N) is 1. The Labute approximate surface area is 73.0 Å². The van der Waals surface area contributed by atoms with Gasteiger partial charge in [-0.25, -0.2) is 4.79 Å². The van der Waals surface area contributed by atoms with Crippen molar-refractivity contribution in [3.05, 3.63) is 0 Å². The number of ketones is 1. The van der Waals surface area contributed by atoms with Gasteiger partial charge in [0.1, 0.15) is 0 Å². The van der Waals surface area contributed by atoms with Gasteiger partial charge >= 0.3 is 13.9 Å². The average Bonchev–Trinajstić information content (AvgIpc) is 1.82. The van der Waals surface area contributed by atoms with Crippen molar-refractivity contribution in [1.29, 1.82) is 0 Å². The van der Waals surface area contributed by atoms with Gasteiger partial charge in [0.25, 0.3) is 0 Å². The molecule has 0 aliphatic carbocycles. The number of Topliss-reactive ketones (excluding diaryl/α,β-unsaturated/α-hetero) is 1. The highest BCUT2D eigenvalue weighted by molar-refractivity contribution is 7.59. The summed E-state index contributed by atoms with van der Waals surface area (Å²) >= 11 is 0. The molecule has 0 unspecified atom stereocenters. The van der Waals surface area contributed by atoms with Crippen molar-refractivity contribution >= 4 is 19.7 Å². The fourth-order valence-electron chi connectivity index (χ4n) is 0.565. The van der Waals surface area contributed by atoms with Crippen LogP contribution in [-0.2, 0) is 9.59 Å². The van der Waals surface area contributed by atoms with Gasteiger partial charge in [0.15, 0.2) is 6.04 Å². The fraction of sp³-hybridized carbons (Fsp3) is 0.500. The topological polar surface area (TPSA) is 147 Å². The van der Waals surface area contributed by atoms with E-state index in [9.17, 15) is 9.59 Å². The quantitative estimate of drug-likeness (QED) is 0.170. The maximum Gasteiger partial charge on any atom is 0.411 e. The summed E-state index contributed by atoms with van der Waals surface area (Å²) in [5, 5.41) is 16.4. The number of carbonyl (C=O) groups is 2. The molecule has 0 heterocycles. The molecule has 0 aliphatic heterocycles. The third kappa shape index (κ3) is 4.83. The maximum absolute atomic E-state index is 10.8. The minimum Gasteiger partial charge on any atom is -0.480 e. The SMILES string of the molecule is O=C(O)[C@@H](NO)C(=O)C[P+](O)(O)O. The summed E-state index contributed by atoms with van der Waals surface area (Å²) in [6, 6.07) is -1.97. The van der Waals surface area contributed by atoms with Gasteiger partial charge in [-0.2, -0.15) is 20.2 Å².